The third-order valence-corrected chi connectivity index (χ3v) is 5.71. The van der Waals surface area contributed by atoms with Gasteiger partial charge in [-0.05, 0) is 47.9 Å². The summed E-state index contributed by atoms with van der Waals surface area (Å²) in [6, 6.07) is 18.2. The second-order valence-electron chi connectivity index (χ2n) is 7.76. The lowest BCUT2D eigenvalue weighted by molar-refractivity contribution is -0.133. The normalized spacial score (nSPS) is 16.8. The quantitative estimate of drug-likeness (QED) is 0.672. The van der Waals surface area contributed by atoms with E-state index in [0.717, 1.165) is 41.1 Å². The van der Waals surface area contributed by atoms with Gasteiger partial charge in [0.2, 0.25) is 0 Å². The van der Waals surface area contributed by atoms with Crippen molar-refractivity contribution in [1.29, 1.82) is 0 Å². The predicted molar refractivity (Wildman–Crippen MR) is 112 cm³/mol. The van der Waals surface area contributed by atoms with Gasteiger partial charge in [-0.25, -0.2) is 0 Å². The number of hydrogen-bond acceptors (Lipinski definition) is 5. The van der Waals surface area contributed by atoms with Gasteiger partial charge in [0.05, 0.1) is 5.69 Å². The summed E-state index contributed by atoms with van der Waals surface area (Å²) in [4.78, 5) is 16.6. The molecular weight excluding hydrogens is 364 g/mol. The monoisotopic (exact) mass is 388 g/mol. The number of nitrogens with zero attached hydrogens (tertiary/aromatic N) is 4. The zero-order valence-electron chi connectivity index (χ0n) is 16.3. The van der Waals surface area contributed by atoms with E-state index in [1.165, 1.54) is 12.8 Å². The van der Waals surface area contributed by atoms with Gasteiger partial charge in [0.1, 0.15) is 5.75 Å². The van der Waals surface area contributed by atoms with Gasteiger partial charge in [-0.15, -0.1) is 5.10 Å². The molecule has 0 spiro atoms. The Labute approximate surface area is 170 Å². The van der Waals surface area contributed by atoms with Gasteiger partial charge in [0.15, 0.2) is 12.4 Å². The van der Waals surface area contributed by atoms with Gasteiger partial charge in [-0.2, -0.15) is 5.10 Å². The number of carbonyl (C=O) groups excluding carboxylic acids is 1. The van der Waals surface area contributed by atoms with Crippen LogP contribution in [0.1, 0.15) is 24.5 Å². The van der Waals surface area contributed by atoms with Crippen molar-refractivity contribution in [2.24, 2.45) is 0 Å². The van der Waals surface area contributed by atoms with Crippen LogP contribution < -0.4 is 9.64 Å². The molecule has 1 amide bonds. The molecule has 0 radical (unpaired) electrons. The van der Waals surface area contributed by atoms with Crippen LogP contribution in [0.5, 0.6) is 5.75 Å². The molecule has 3 aromatic rings. The molecule has 1 aliphatic heterocycles. The van der Waals surface area contributed by atoms with Crippen molar-refractivity contribution in [3.63, 3.8) is 0 Å². The van der Waals surface area contributed by atoms with E-state index in [0.29, 0.717) is 19.0 Å². The van der Waals surface area contributed by atoms with Crippen LogP contribution in [-0.2, 0) is 4.79 Å². The molecule has 2 heterocycles. The molecule has 6 nitrogen and oxygen atoms in total. The smallest absolute Gasteiger partial charge is 0.260 e. The average Bonchev–Trinajstić information content (AvgIpc) is 3.63. The molecule has 1 aliphatic carbocycles. The number of fused-ring (bicyclic) bond motifs is 1. The maximum absolute atomic E-state index is 12.6. The first kappa shape index (κ1) is 17.9. The van der Waals surface area contributed by atoms with E-state index < -0.39 is 0 Å². The van der Waals surface area contributed by atoms with E-state index in [9.17, 15) is 4.79 Å². The Morgan fingerprint density at radius 1 is 0.931 bits per heavy atom. The Morgan fingerprint density at radius 3 is 2.45 bits per heavy atom. The van der Waals surface area contributed by atoms with Crippen molar-refractivity contribution < 1.29 is 9.53 Å². The van der Waals surface area contributed by atoms with Gasteiger partial charge < -0.3 is 14.5 Å². The maximum Gasteiger partial charge on any atom is 0.260 e. The van der Waals surface area contributed by atoms with Gasteiger partial charge in [-0.3, -0.25) is 4.79 Å². The third-order valence-electron chi connectivity index (χ3n) is 5.71. The lowest BCUT2D eigenvalue weighted by Gasteiger charge is -2.35. The standard InChI is InChI=1S/C23H24N4O2/c28-23(16-29-20-8-7-17-3-1-2-4-19(17)15-20)27-13-11-26(12-14-27)22-10-9-21(24-25-22)18-5-6-18/h1-4,7-10,15,18H,5-6,11-14,16H2. The highest BCUT2D eigenvalue weighted by atomic mass is 16.5. The number of benzene rings is 2. The maximum atomic E-state index is 12.6. The number of piperazine rings is 1. The number of hydrogen-bond donors (Lipinski definition) is 0. The number of aromatic nitrogens is 2. The van der Waals surface area contributed by atoms with Crippen LogP contribution >= 0.6 is 0 Å². The number of rotatable bonds is 5. The summed E-state index contributed by atoms with van der Waals surface area (Å²) in [6.07, 6.45) is 2.46. The first-order valence-corrected chi connectivity index (χ1v) is 10.2. The summed E-state index contributed by atoms with van der Waals surface area (Å²) in [6.45, 7) is 2.94. The number of carbonyl (C=O) groups is 1. The molecule has 2 fully saturated rings. The number of ether oxygens (including phenoxy) is 1. The van der Waals surface area contributed by atoms with Crippen LogP contribution in [0.3, 0.4) is 0 Å². The van der Waals surface area contributed by atoms with E-state index in [4.69, 9.17) is 4.74 Å². The second-order valence-corrected chi connectivity index (χ2v) is 7.76. The number of amides is 1. The third kappa shape index (κ3) is 4.01. The van der Waals surface area contributed by atoms with Crippen LogP contribution in [-0.4, -0.2) is 53.8 Å². The van der Waals surface area contributed by atoms with Crippen LogP contribution in [0.4, 0.5) is 5.82 Å². The summed E-state index contributed by atoms with van der Waals surface area (Å²) in [5.74, 6) is 2.26. The minimum atomic E-state index is 0.0213. The van der Waals surface area contributed by atoms with Crippen LogP contribution in [0.25, 0.3) is 10.8 Å². The van der Waals surface area contributed by atoms with Crippen molar-refractivity contribution >= 4 is 22.5 Å². The second kappa shape index (κ2) is 7.70. The molecule has 1 aromatic heterocycles. The molecule has 0 atom stereocenters. The first-order valence-electron chi connectivity index (χ1n) is 10.2. The van der Waals surface area contributed by atoms with E-state index >= 15 is 0 Å². The molecule has 5 rings (SSSR count). The van der Waals surface area contributed by atoms with Gasteiger partial charge in [0, 0.05) is 32.1 Å². The number of anilines is 1. The van der Waals surface area contributed by atoms with Crippen molar-refractivity contribution in [2.75, 3.05) is 37.7 Å². The molecule has 2 aromatic carbocycles. The Kier molecular flexibility index (Phi) is 4.76. The fourth-order valence-corrected chi connectivity index (χ4v) is 3.78. The van der Waals surface area contributed by atoms with Crippen molar-refractivity contribution in [2.45, 2.75) is 18.8 Å². The summed E-state index contributed by atoms with van der Waals surface area (Å²) in [5.41, 5.74) is 1.11. The van der Waals surface area contributed by atoms with Crippen LogP contribution in [0.15, 0.2) is 54.6 Å². The largest absolute Gasteiger partial charge is 0.484 e. The minimum Gasteiger partial charge on any atom is -0.484 e. The molecule has 6 heteroatoms. The molecule has 148 valence electrons. The molecular formula is C23H24N4O2. The highest BCUT2D eigenvalue weighted by molar-refractivity contribution is 5.84. The van der Waals surface area contributed by atoms with Gasteiger partial charge in [-0.1, -0.05) is 30.3 Å². The summed E-state index contributed by atoms with van der Waals surface area (Å²) in [5, 5.41) is 11.0. The lowest BCUT2D eigenvalue weighted by atomic mass is 10.1. The van der Waals surface area contributed by atoms with Crippen molar-refractivity contribution in [3.8, 4) is 5.75 Å². The topological polar surface area (TPSA) is 58.6 Å². The molecule has 0 unspecified atom stereocenters. The highest BCUT2D eigenvalue weighted by Gasteiger charge is 2.26. The highest BCUT2D eigenvalue weighted by Crippen LogP contribution is 2.38. The van der Waals surface area contributed by atoms with E-state index in [1.54, 1.807) is 0 Å². The molecule has 1 saturated heterocycles. The summed E-state index contributed by atoms with van der Waals surface area (Å²) >= 11 is 0. The van der Waals surface area contributed by atoms with E-state index in [1.807, 2.05) is 41.3 Å². The predicted octanol–water partition coefficient (Wildman–Crippen LogP) is 3.23. The fourth-order valence-electron chi connectivity index (χ4n) is 3.78. The lowest BCUT2D eigenvalue weighted by Crippen LogP contribution is -2.50. The molecule has 2 aliphatic rings. The molecule has 29 heavy (non-hydrogen) atoms. The zero-order valence-corrected chi connectivity index (χ0v) is 16.3. The summed E-state index contributed by atoms with van der Waals surface area (Å²) in [7, 11) is 0. The SMILES string of the molecule is O=C(COc1ccc2ccccc2c1)N1CCN(c2ccc(C3CC3)nn2)CC1. The fraction of sp³-hybridized carbons (Fsp3) is 0.348. The van der Waals surface area contributed by atoms with Crippen molar-refractivity contribution in [1.82, 2.24) is 15.1 Å². The van der Waals surface area contributed by atoms with E-state index in [2.05, 4.69) is 33.3 Å². The van der Waals surface area contributed by atoms with Crippen molar-refractivity contribution in [3.05, 3.63) is 60.3 Å². The Balaban J connectivity index is 1.13. The zero-order chi connectivity index (χ0) is 19.6. The molecule has 0 bridgehead atoms. The summed E-state index contributed by atoms with van der Waals surface area (Å²) < 4.78 is 5.75. The Hall–Kier alpha value is -3.15. The minimum absolute atomic E-state index is 0.0213. The Morgan fingerprint density at radius 2 is 1.72 bits per heavy atom. The van der Waals surface area contributed by atoms with Gasteiger partial charge in [0.25, 0.3) is 5.91 Å². The van der Waals surface area contributed by atoms with Crippen LogP contribution in [0, 0.1) is 0 Å². The van der Waals surface area contributed by atoms with Gasteiger partial charge >= 0.3 is 0 Å². The molecule has 0 N–H and O–H groups in total. The Bertz CT molecular complexity index is 1010. The first-order chi connectivity index (χ1) is 14.3. The van der Waals surface area contributed by atoms with E-state index in [-0.39, 0.29) is 12.5 Å². The van der Waals surface area contributed by atoms with Crippen LogP contribution in [0.2, 0.25) is 0 Å². The average molecular weight is 388 g/mol. The molecule has 1 saturated carbocycles.